The van der Waals surface area contributed by atoms with Gasteiger partial charge in [0.15, 0.2) is 0 Å². The Balaban J connectivity index is 2.18. The molecule has 1 amide bonds. The fraction of sp³-hybridized carbons (Fsp3) is 0.833. The van der Waals surface area contributed by atoms with Crippen LogP contribution in [0.2, 0.25) is 0 Å². The maximum absolute atomic E-state index is 11.9. The van der Waals surface area contributed by atoms with Crippen LogP contribution < -0.4 is 5.32 Å². The lowest BCUT2D eigenvalue weighted by atomic mass is 9.87. The van der Waals surface area contributed by atoms with Gasteiger partial charge in [-0.05, 0) is 12.8 Å². The topological polar surface area (TPSA) is 71.3 Å². The molecule has 0 heterocycles. The van der Waals surface area contributed by atoms with Gasteiger partial charge in [-0.3, -0.25) is 4.79 Å². The zero-order valence-electron chi connectivity index (χ0n) is 10.3. The average molecular weight is 240 g/mol. The summed E-state index contributed by atoms with van der Waals surface area (Å²) in [6.07, 6.45) is 3.29. The van der Waals surface area contributed by atoms with Crippen LogP contribution >= 0.6 is 0 Å². The molecule has 1 fully saturated rings. The van der Waals surface area contributed by atoms with Crippen LogP contribution in [0.25, 0.3) is 0 Å². The number of carbonyl (C=O) groups is 1. The lowest BCUT2D eigenvalue weighted by molar-refractivity contribution is -0.128. The fourth-order valence-electron chi connectivity index (χ4n) is 2.02. The predicted molar refractivity (Wildman–Crippen MR) is 62.2 cm³/mol. The van der Waals surface area contributed by atoms with Gasteiger partial charge < -0.3 is 14.8 Å². The molecule has 0 unspecified atom stereocenters. The molecule has 1 N–H and O–H groups in total. The molecule has 17 heavy (non-hydrogen) atoms. The summed E-state index contributed by atoms with van der Waals surface area (Å²) < 4.78 is 10.1. The van der Waals surface area contributed by atoms with Crippen LogP contribution in [-0.4, -0.2) is 39.4 Å². The molecule has 0 atom stereocenters. The van der Waals surface area contributed by atoms with E-state index < -0.39 is 5.41 Å². The van der Waals surface area contributed by atoms with E-state index >= 15 is 0 Å². The van der Waals surface area contributed by atoms with E-state index in [1.54, 1.807) is 7.11 Å². The van der Waals surface area contributed by atoms with E-state index in [0.717, 1.165) is 12.8 Å². The highest BCUT2D eigenvalue weighted by atomic mass is 16.5. The first-order chi connectivity index (χ1) is 8.25. The molecule has 1 aliphatic carbocycles. The number of rotatable bonds is 7. The molecule has 1 aliphatic rings. The van der Waals surface area contributed by atoms with Gasteiger partial charge in [0.1, 0.15) is 5.41 Å². The Morgan fingerprint density at radius 2 is 2.06 bits per heavy atom. The van der Waals surface area contributed by atoms with Crippen LogP contribution in [0.4, 0.5) is 0 Å². The zero-order chi connectivity index (χ0) is 12.6. The number of hydrogen-bond donors (Lipinski definition) is 1. The molecular weight excluding hydrogens is 220 g/mol. The Kier molecular flexibility index (Phi) is 5.95. The molecule has 0 aromatic heterocycles. The van der Waals surface area contributed by atoms with E-state index in [1.165, 1.54) is 0 Å². The minimum absolute atomic E-state index is 0.146. The molecule has 1 rings (SSSR count). The van der Waals surface area contributed by atoms with E-state index in [4.69, 9.17) is 14.7 Å². The van der Waals surface area contributed by atoms with E-state index in [-0.39, 0.29) is 5.91 Å². The number of carbonyl (C=O) groups excluding carboxylic acids is 1. The highest BCUT2D eigenvalue weighted by Gasteiger charge is 2.41. The Labute approximate surface area is 102 Å². The minimum atomic E-state index is -0.785. The third-order valence-electron chi connectivity index (χ3n) is 3.07. The van der Waals surface area contributed by atoms with Crippen LogP contribution in [0, 0.1) is 16.7 Å². The Morgan fingerprint density at radius 1 is 1.35 bits per heavy atom. The minimum Gasteiger partial charge on any atom is -0.382 e. The summed E-state index contributed by atoms with van der Waals surface area (Å²) in [6, 6.07) is 2.17. The quantitative estimate of drug-likeness (QED) is 0.670. The normalized spacial score (nSPS) is 17.6. The molecule has 5 heteroatoms. The third kappa shape index (κ3) is 3.99. The summed E-state index contributed by atoms with van der Waals surface area (Å²) in [5.74, 6) is -0.146. The van der Waals surface area contributed by atoms with Crippen molar-refractivity contribution in [2.75, 3.05) is 33.5 Å². The van der Waals surface area contributed by atoms with Crippen molar-refractivity contribution in [1.82, 2.24) is 5.32 Å². The molecule has 0 aliphatic heterocycles. The summed E-state index contributed by atoms with van der Waals surface area (Å²) in [7, 11) is 1.61. The van der Waals surface area contributed by atoms with Crippen LogP contribution in [-0.2, 0) is 14.3 Å². The monoisotopic (exact) mass is 240 g/mol. The number of methoxy groups -OCH3 is 1. The van der Waals surface area contributed by atoms with E-state index in [1.807, 2.05) is 0 Å². The van der Waals surface area contributed by atoms with Crippen LogP contribution in [0.5, 0.6) is 0 Å². The zero-order valence-corrected chi connectivity index (χ0v) is 10.3. The Morgan fingerprint density at radius 3 is 2.65 bits per heavy atom. The molecule has 0 spiro atoms. The number of hydrogen-bond acceptors (Lipinski definition) is 4. The largest absolute Gasteiger partial charge is 0.382 e. The van der Waals surface area contributed by atoms with Gasteiger partial charge in [0.2, 0.25) is 5.91 Å². The SMILES string of the molecule is COCCOCCNC(=O)C1(C#N)CCCC1. The second-order valence-electron chi connectivity index (χ2n) is 4.26. The van der Waals surface area contributed by atoms with Crippen LogP contribution in [0.3, 0.4) is 0 Å². The van der Waals surface area contributed by atoms with Crippen molar-refractivity contribution in [3.63, 3.8) is 0 Å². The van der Waals surface area contributed by atoms with Crippen molar-refractivity contribution in [1.29, 1.82) is 5.26 Å². The molecule has 0 aromatic rings. The number of amides is 1. The Bertz CT molecular complexity index is 280. The van der Waals surface area contributed by atoms with Crippen molar-refractivity contribution < 1.29 is 14.3 Å². The summed E-state index contributed by atoms with van der Waals surface area (Å²) in [5, 5.41) is 11.9. The van der Waals surface area contributed by atoms with Gasteiger partial charge in [0.05, 0.1) is 25.9 Å². The smallest absolute Gasteiger partial charge is 0.240 e. The first kappa shape index (κ1) is 13.9. The summed E-state index contributed by atoms with van der Waals surface area (Å²) in [6.45, 7) is 1.98. The van der Waals surface area contributed by atoms with Gasteiger partial charge >= 0.3 is 0 Å². The van der Waals surface area contributed by atoms with Crippen molar-refractivity contribution in [3.8, 4) is 6.07 Å². The van der Waals surface area contributed by atoms with Gasteiger partial charge in [0, 0.05) is 13.7 Å². The number of nitrogens with zero attached hydrogens (tertiary/aromatic N) is 1. The second kappa shape index (κ2) is 7.25. The van der Waals surface area contributed by atoms with Crippen LogP contribution in [0.15, 0.2) is 0 Å². The highest BCUT2D eigenvalue weighted by Crippen LogP contribution is 2.37. The third-order valence-corrected chi connectivity index (χ3v) is 3.07. The summed E-state index contributed by atoms with van der Waals surface area (Å²) in [5.41, 5.74) is -0.785. The van der Waals surface area contributed by atoms with E-state index in [2.05, 4.69) is 11.4 Å². The molecular formula is C12H20N2O3. The van der Waals surface area contributed by atoms with Gasteiger partial charge in [-0.15, -0.1) is 0 Å². The summed E-state index contributed by atoms with van der Waals surface area (Å²) >= 11 is 0. The lowest BCUT2D eigenvalue weighted by Gasteiger charge is -2.19. The van der Waals surface area contributed by atoms with Crippen molar-refractivity contribution in [2.45, 2.75) is 25.7 Å². The molecule has 1 saturated carbocycles. The molecule has 5 nitrogen and oxygen atoms in total. The lowest BCUT2D eigenvalue weighted by Crippen LogP contribution is -2.39. The van der Waals surface area contributed by atoms with Gasteiger partial charge in [-0.25, -0.2) is 0 Å². The number of nitrogens with one attached hydrogen (secondary N) is 1. The van der Waals surface area contributed by atoms with E-state index in [0.29, 0.717) is 39.2 Å². The van der Waals surface area contributed by atoms with Crippen molar-refractivity contribution in [3.05, 3.63) is 0 Å². The first-order valence-electron chi connectivity index (χ1n) is 6.01. The Hall–Kier alpha value is -1.12. The standard InChI is InChI=1S/C12H20N2O3/c1-16-8-9-17-7-6-14-11(15)12(10-13)4-2-3-5-12/h2-9H2,1H3,(H,14,15). The first-order valence-corrected chi connectivity index (χ1v) is 6.01. The maximum atomic E-state index is 11.9. The van der Waals surface area contributed by atoms with Gasteiger partial charge in [0.25, 0.3) is 0 Å². The van der Waals surface area contributed by atoms with Crippen molar-refractivity contribution >= 4 is 5.91 Å². The van der Waals surface area contributed by atoms with Crippen molar-refractivity contribution in [2.24, 2.45) is 5.41 Å². The fourth-order valence-corrected chi connectivity index (χ4v) is 2.02. The molecule has 0 aromatic carbocycles. The molecule has 96 valence electrons. The molecule has 0 saturated heterocycles. The molecule has 0 bridgehead atoms. The maximum Gasteiger partial charge on any atom is 0.240 e. The van der Waals surface area contributed by atoms with E-state index in [9.17, 15) is 4.79 Å². The van der Waals surface area contributed by atoms with Gasteiger partial charge in [-0.2, -0.15) is 5.26 Å². The number of ether oxygens (including phenoxy) is 2. The second-order valence-corrected chi connectivity index (χ2v) is 4.26. The number of nitriles is 1. The summed E-state index contributed by atoms with van der Waals surface area (Å²) in [4.78, 5) is 11.9. The average Bonchev–Trinajstić information content (AvgIpc) is 2.83. The van der Waals surface area contributed by atoms with Crippen LogP contribution in [0.1, 0.15) is 25.7 Å². The molecule has 0 radical (unpaired) electrons. The highest BCUT2D eigenvalue weighted by molar-refractivity contribution is 5.85. The predicted octanol–water partition coefficient (Wildman–Crippen LogP) is 0.850. The van der Waals surface area contributed by atoms with Gasteiger partial charge in [-0.1, -0.05) is 12.8 Å².